The molecule has 4 rings (SSSR count). The molecular formula is C23H29N5O. The first-order chi connectivity index (χ1) is 14.3. The van der Waals surface area contributed by atoms with Gasteiger partial charge < -0.3 is 9.64 Å². The van der Waals surface area contributed by atoms with E-state index in [1.807, 2.05) is 18.2 Å². The van der Waals surface area contributed by atoms with Gasteiger partial charge in [-0.1, -0.05) is 18.2 Å². The summed E-state index contributed by atoms with van der Waals surface area (Å²) in [6, 6.07) is 14.3. The van der Waals surface area contributed by atoms with E-state index in [2.05, 4.69) is 44.0 Å². The Labute approximate surface area is 173 Å². The second-order valence-corrected chi connectivity index (χ2v) is 7.75. The van der Waals surface area contributed by atoms with Crippen molar-refractivity contribution in [2.75, 3.05) is 57.3 Å². The Kier molecular flexibility index (Phi) is 6.60. The van der Waals surface area contributed by atoms with Crippen molar-refractivity contribution in [3.63, 3.8) is 0 Å². The van der Waals surface area contributed by atoms with Crippen molar-refractivity contribution in [1.29, 1.82) is 5.26 Å². The van der Waals surface area contributed by atoms with Crippen LogP contribution in [0.3, 0.4) is 0 Å². The highest BCUT2D eigenvalue weighted by atomic mass is 16.5. The minimum atomic E-state index is 0.670. The molecule has 1 saturated heterocycles. The van der Waals surface area contributed by atoms with E-state index in [1.165, 1.54) is 18.4 Å². The van der Waals surface area contributed by atoms with Crippen LogP contribution in [0.4, 0.5) is 5.82 Å². The Morgan fingerprint density at radius 2 is 1.72 bits per heavy atom. The Bertz CT molecular complexity index is 841. The van der Waals surface area contributed by atoms with Crippen LogP contribution in [0.15, 0.2) is 42.6 Å². The summed E-state index contributed by atoms with van der Waals surface area (Å²) in [5.74, 6) is 1.87. The molecule has 0 aliphatic carbocycles. The molecule has 6 heteroatoms. The van der Waals surface area contributed by atoms with Crippen molar-refractivity contribution >= 4 is 5.82 Å². The van der Waals surface area contributed by atoms with Crippen LogP contribution in [0.2, 0.25) is 0 Å². The number of piperazine rings is 1. The van der Waals surface area contributed by atoms with Crippen molar-refractivity contribution in [1.82, 2.24) is 14.8 Å². The molecule has 0 N–H and O–H groups in total. The molecule has 6 nitrogen and oxygen atoms in total. The van der Waals surface area contributed by atoms with Gasteiger partial charge >= 0.3 is 0 Å². The van der Waals surface area contributed by atoms with Crippen LogP contribution in [-0.2, 0) is 6.54 Å². The Morgan fingerprint density at radius 3 is 2.55 bits per heavy atom. The standard InChI is InChI=1S/C23H29N5O/c24-18-20-7-5-9-25-23(20)28-14-12-26(13-15-28)10-3-4-11-27-16-17-29-22-8-2-1-6-21(22)19-27/h1-2,5-9H,3-4,10-17,19H2. The minimum absolute atomic E-state index is 0.670. The summed E-state index contributed by atoms with van der Waals surface area (Å²) >= 11 is 0. The molecule has 0 amide bonds. The molecule has 1 aromatic heterocycles. The van der Waals surface area contributed by atoms with E-state index < -0.39 is 0 Å². The van der Waals surface area contributed by atoms with Crippen LogP contribution >= 0.6 is 0 Å². The maximum Gasteiger partial charge on any atom is 0.146 e. The fourth-order valence-corrected chi connectivity index (χ4v) is 4.16. The summed E-state index contributed by atoms with van der Waals surface area (Å²) < 4.78 is 5.86. The number of nitrogens with zero attached hydrogens (tertiary/aromatic N) is 5. The molecule has 2 aliphatic rings. The van der Waals surface area contributed by atoms with Crippen LogP contribution in [-0.4, -0.2) is 67.2 Å². The van der Waals surface area contributed by atoms with E-state index in [4.69, 9.17) is 4.74 Å². The molecule has 3 heterocycles. The molecule has 2 aromatic rings. The molecule has 29 heavy (non-hydrogen) atoms. The normalized spacial score (nSPS) is 17.8. The van der Waals surface area contributed by atoms with Gasteiger partial charge in [-0.2, -0.15) is 5.26 Å². The Morgan fingerprint density at radius 1 is 0.931 bits per heavy atom. The fourth-order valence-electron chi connectivity index (χ4n) is 4.16. The molecule has 0 bridgehead atoms. The van der Waals surface area contributed by atoms with E-state index >= 15 is 0 Å². The van der Waals surface area contributed by atoms with Gasteiger partial charge in [0.05, 0.1) is 5.56 Å². The number of ether oxygens (including phenoxy) is 1. The molecular weight excluding hydrogens is 362 g/mol. The zero-order valence-corrected chi connectivity index (χ0v) is 17.0. The summed E-state index contributed by atoms with van der Waals surface area (Å²) in [7, 11) is 0. The summed E-state index contributed by atoms with van der Waals surface area (Å²) in [6.07, 6.45) is 4.20. The van der Waals surface area contributed by atoms with Crippen molar-refractivity contribution < 1.29 is 4.74 Å². The van der Waals surface area contributed by atoms with Gasteiger partial charge in [-0.25, -0.2) is 4.98 Å². The molecule has 0 spiro atoms. The van der Waals surface area contributed by atoms with Gasteiger partial charge in [-0.3, -0.25) is 9.80 Å². The molecule has 1 aromatic carbocycles. The molecule has 1 fully saturated rings. The molecule has 0 radical (unpaired) electrons. The van der Waals surface area contributed by atoms with Crippen LogP contribution in [0, 0.1) is 11.3 Å². The van der Waals surface area contributed by atoms with Crippen molar-refractivity contribution in [2.24, 2.45) is 0 Å². The van der Waals surface area contributed by atoms with Gasteiger partial charge in [-0.05, 0) is 44.1 Å². The summed E-state index contributed by atoms with van der Waals surface area (Å²) in [5.41, 5.74) is 1.97. The number of fused-ring (bicyclic) bond motifs is 1. The maximum absolute atomic E-state index is 9.28. The number of benzene rings is 1. The van der Waals surface area contributed by atoms with Gasteiger partial charge in [0.1, 0.15) is 24.2 Å². The third-order valence-corrected chi connectivity index (χ3v) is 5.81. The molecule has 0 unspecified atom stereocenters. The van der Waals surface area contributed by atoms with E-state index in [0.717, 1.165) is 70.5 Å². The summed E-state index contributed by atoms with van der Waals surface area (Å²) in [6.45, 7) is 8.96. The number of nitriles is 1. The number of rotatable bonds is 6. The Balaban J connectivity index is 1.17. The number of aromatic nitrogens is 1. The van der Waals surface area contributed by atoms with Crippen molar-refractivity contribution in [2.45, 2.75) is 19.4 Å². The maximum atomic E-state index is 9.28. The van der Waals surface area contributed by atoms with Crippen molar-refractivity contribution in [3.8, 4) is 11.8 Å². The lowest BCUT2D eigenvalue weighted by Crippen LogP contribution is -2.47. The first kappa shape index (κ1) is 19.7. The predicted octanol–water partition coefficient (Wildman–Crippen LogP) is 2.75. The third-order valence-electron chi connectivity index (χ3n) is 5.81. The number of pyridine rings is 1. The number of unbranched alkanes of at least 4 members (excludes halogenated alkanes) is 1. The SMILES string of the molecule is N#Cc1cccnc1N1CCN(CCCCN2CCOc3ccccc3C2)CC1. The lowest BCUT2D eigenvalue weighted by Gasteiger charge is -2.35. The lowest BCUT2D eigenvalue weighted by atomic mass is 10.2. The minimum Gasteiger partial charge on any atom is -0.492 e. The van der Waals surface area contributed by atoms with Gasteiger partial charge in [0.2, 0.25) is 0 Å². The average Bonchev–Trinajstić information content (AvgIpc) is 2.99. The van der Waals surface area contributed by atoms with Gasteiger partial charge in [-0.15, -0.1) is 0 Å². The van der Waals surface area contributed by atoms with Crippen molar-refractivity contribution in [3.05, 3.63) is 53.7 Å². The van der Waals surface area contributed by atoms with Crippen LogP contribution in [0.5, 0.6) is 5.75 Å². The number of hydrogen-bond donors (Lipinski definition) is 0. The highest BCUT2D eigenvalue weighted by Crippen LogP contribution is 2.22. The lowest BCUT2D eigenvalue weighted by molar-refractivity contribution is 0.211. The number of hydrogen-bond acceptors (Lipinski definition) is 6. The number of para-hydroxylation sites is 1. The Hall–Kier alpha value is -2.62. The molecule has 0 saturated carbocycles. The van der Waals surface area contributed by atoms with Crippen LogP contribution in [0.1, 0.15) is 24.0 Å². The zero-order valence-electron chi connectivity index (χ0n) is 17.0. The highest BCUT2D eigenvalue weighted by Gasteiger charge is 2.20. The van der Waals surface area contributed by atoms with E-state index in [-0.39, 0.29) is 0 Å². The quantitative estimate of drug-likeness (QED) is 0.706. The number of anilines is 1. The average molecular weight is 392 g/mol. The molecule has 152 valence electrons. The van der Waals surface area contributed by atoms with Crippen LogP contribution < -0.4 is 9.64 Å². The topological polar surface area (TPSA) is 55.6 Å². The third kappa shape index (κ3) is 5.06. The zero-order chi connectivity index (χ0) is 19.9. The van der Waals surface area contributed by atoms with Gasteiger partial charge in [0, 0.05) is 51.0 Å². The van der Waals surface area contributed by atoms with Gasteiger partial charge in [0.25, 0.3) is 0 Å². The van der Waals surface area contributed by atoms with E-state index in [9.17, 15) is 5.26 Å². The van der Waals surface area contributed by atoms with Crippen LogP contribution in [0.25, 0.3) is 0 Å². The molecule has 0 atom stereocenters. The fraction of sp³-hybridized carbons (Fsp3) is 0.478. The summed E-state index contributed by atoms with van der Waals surface area (Å²) in [4.78, 5) is 11.7. The predicted molar refractivity (Wildman–Crippen MR) is 114 cm³/mol. The first-order valence-electron chi connectivity index (χ1n) is 10.6. The largest absolute Gasteiger partial charge is 0.492 e. The smallest absolute Gasteiger partial charge is 0.146 e. The van der Waals surface area contributed by atoms with E-state index in [1.54, 1.807) is 6.20 Å². The van der Waals surface area contributed by atoms with E-state index in [0.29, 0.717) is 5.56 Å². The second kappa shape index (κ2) is 9.73. The highest BCUT2D eigenvalue weighted by molar-refractivity contribution is 5.53. The first-order valence-corrected chi connectivity index (χ1v) is 10.6. The molecule has 2 aliphatic heterocycles. The monoisotopic (exact) mass is 391 g/mol. The van der Waals surface area contributed by atoms with Gasteiger partial charge in [0.15, 0.2) is 0 Å². The second-order valence-electron chi connectivity index (χ2n) is 7.75. The summed E-state index contributed by atoms with van der Waals surface area (Å²) in [5, 5.41) is 9.28.